The molecule has 82 valence electrons. The van der Waals surface area contributed by atoms with Gasteiger partial charge in [0.2, 0.25) is 0 Å². The average molecular weight is 212 g/mol. The van der Waals surface area contributed by atoms with Crippen LogP contribution in [0.5, 0.6) is 0 Å². The van der Waals surface area contributed by atoms with E-state index in [4.69, 9.17) is 5.73 Å². The van der Waals surface area contributed by atoms with E-state index in [1.165, 1.54) is 16.7 Å². The topological polar surface area (TPSA) is 38.9 Å². The second kappa shape index (κ2) is 4.45. The molecule has 1 aromatic heterocycles. The fourth-order valence-corrected chi connectivity index (χ4v) is 1.76. The van der Waals surface area contributed by atoms with Crippen LogP contribution in [0.15, 0.2) is 42.7 Å². The summed E-state index contributed by atoms with van der Waals surface area (Å²) >= 11 is 0. The van der Waals surface area contributed by atoms with Crippen molar-refractivity contribution in [1.29, 1.82) is 0 Å². The summed E-state index contributed by atoms with van der Waals surface area (Å²) in [5.41, 5.74) is 10.6. The molecule has 2 rings (SSSR count). The van der Waals surface area contributed by atoms with Gasteiger partial charge in [-0.2, -0.15) is 0 Å². The second-order valence-electron chi connectivity index (χ2n) is 4.10. The number of hydrogen-bond donors (Lipinski definition) is 1. The maximum atomic E-state index is 5.88. The maximum absolute atomic E-state index is 5.88. The van der Waals surface area contributed by atoms with Crippen LogP contribution in [-0.2, 0) is 0 Å². The minimum atomic E-state index is 0.0666. The molecule has 1 atom stereocenters. The van der Waals surface area contributed by atoms with Crippen LogP contribution in [0.3, 0.4) is 0 Å². The van der Waals surface area contributed by atoms with E-state index in [0.717, 1.165) is 5.56 Å². The first kappa shape index (κ1) is 10.8. The lowest BCUT2D eigenvalue weighted by molar-refractivity contribution is 0.818. The smallest absolute Gasteiger partial charge is 0.0349 e. The molecule has 2 heteroatoms. The first-order valence-electron chi connectivity index (χ1n) is 5.45. The Balaban J connectivity index is 2.49. The predicted octanol–water partition coefficient (Wildman–Crippen LogP) is 3.08. The highest BCUT2D eigenvalue weighted by Gasteiger charge is 2.04. The highest BCUT2D eigenvalue weighted by molar-refractivity contribution is 5.66. The zero-order chi connectivity index (χ0) is 11.5. The monoisotopic (exact) mass is 212 g/mol. The standard InChI is InChI=1S/C14H16N2/c1-10-6-7-16-9-14(10)13-5-3-4-12(8-13)11(2)15/h3-9,11H,15H2,1-2H3. The predicted molar refractivity (Wildman–Crippen MR) is 67.0 cm³/mol. The van der Waals surface area contributed by atoms with Gasteiger partial charge < -0.3 is 5.73 Å². The van der Waals surface area contributed by atoms with Gasteiger partial charge in [-0.1, -0.05) is 18.2 Å². The molecular weight excluding hydrogens is 196 g/mol. The van der Waals surface area contributed by atoms with Gasteiger partial charge in [0, 0.05) is 24.0 Å². The van der Waals surface area contributed by atoms with Gasteiger partial charge in [-0.05, 0) is 42.7 Å². The van der Waals surface area contributed by atoms with Gasteiger partial charge in [0.25, 0.3) is 0 Å². The Morgan fingerprint density at radius 3 is 2.75 bits per heavy atom. The normalized spacial score (nSPS) is 12.4. The van der Waals surface area contributed by atoms with Crippen molar-refractivity contribution in [1.82, 2.24) is 4.98 Å². The van der Waals surface area contributed by atoms with Gasteiger partial charge in [0.05, 0.1) is 0 Å². The van der Waals surface area contributed by atoms with E-state index in [2.05, 4.69) is 30.1 Å². The Kier molecular flexibility index (Phi) is 3.02. The number of aromatic nitrogens is 1. The van der Waals surface area contributed by atoms with Crippen molar-refractivity contribution >= 4 is 0 Å². The number of nitrogens with zero attached hydrogens (tertiary/aromatic N) is 1. The van der Waals surface area contributed by atoms with E-state index in [-0.39, 0.29) is 6.04 Å². The molecule has 0 saturated carbocycles. The molecule has 0 spiro atoms. The molecule has 1 aromatic carbocycles. The van der Waals surface area contributed by atoms with E-state index in [0.29, 0.717) is 0 Å². The van der Waals surface area contributed by atoms with E-state index in [1.54, 1.807) is 0 Å². The number of nitrogens with two attached hydrogens (primary N) is 1. The van der Waals surface area contributed by atoms with Crippen molar-refractivity contribution in [3.05, 3.63) is 53.9 Å². The molecule has 0 aliphatic heterocycles. The van der Waals surface area contributed by atoms with Crippen molar-refractivity contribution < 1.29 is 0 Å². The van der Waals surface area contributed by atoms with E-state index in [1.807, 2.05) is 31.5 Å². The van der Waals surface area contributed by atoms with Crippen molar-refractivity contribution in [3.63, 3.8) is 0 Å². The Hall–Kier alpha value is -1.67. The molecule has 0 aliphatic rings. The molecule has 1 heterocycles. The lowest BCUT2D eigenvalue weighted by Crippen LogP contribution is -2.04. The third-order valence-electron chi connectivity index (χ3n) is 2.76. The van der Waals surface area contributed by atoms with Crippen LogP contribution in [0.2, 0.25) is 0 Å². The first-order valence-corrected chi connectivity index (χ1v) is 5.45. The van der Waals surface area contributed by atoms with Crippen LogP contribution >= 0.6 is 0 Å². The summed E-state index contributed by atoms with van der Waals surface area (Å²) in [6, 6.07) is 10.4. The lowest BCUT2D eigenvalue weighted by Gasteiger charge is -2.09. The third kappa shape index (κ3) is 2.12. The molecule has 2 nitrogen and oxygen atoms in total. The van der Waals surface area contributed by atoms with Crippen LogP contribution in [0, 0.1) is 6.92 Å². The van der Waals surface area contributed by atoms with Crippen LogP contribution < -0.4 is 5.73 Å². The molecule has 2 aromatic rings. The van der Waals surface area contributed by atoms with Gasteiger partial charge in [0.1, 0.15) is 0 Å². The average Bonchev–Trinajstić information content (AvgIpc) is 2.30. The summed E-state index contributed by atoms with van der Waals surface area (Å²) in [4.78, 5) is 4.17. The zero-order valence-electron chi connectivity index (χ0n) is 9.64. The number of pyridine rings is 1. The van der Waals surface area contributed by atoms with Gasteiger partial charge in [-0.3, -0.25) is 4.98 Å². The zero-order valence-corrected chi connectivity index (χ0v) is 9.64. The van der Waals surface area contributed by atoms with Crippen molar-refractivity contribution in [2.45, 2.75) is 19.9 Å². The summed E-state index contributed by atoms with van der Waals surface area (Å²) in [7, 11) is 0. The van der Waals surface area contributed by atoms with E-state index < -0.39 is 0 Å². The summed E-state index contributed by atoms with van der Waals surface area (Å²) < 4.78 is 0. The third-order valence-corrected chi connectivity index (χ3v) is 2.76. The molecule has 0 fully saturated rings. The minimum absolute atomic E-state index is 0.0666. The quantitative estimate of drug-likeness (QED) is 0.830. The minimum Gasteiger partial charge on any atom is -0.324 e. The largest absolute Gasteiger partial charge is 0.324 e. The summed E-state index contributed by atoms with van der Waals surface area (Å²) in [5.74, 6) is 0. The Labute approximate surface area is 96.1 Å². The number of hydrogen-bond acceptors (Lipinski definition) is 2. The maximum Gasteiger partial charge on any atom is 0.0349 e. The highest BCUT2D eigenvalue weighted by Crippen LogP contribution is 2.24. The number of benzene rings is 1. The van der Waals surface area contributed by atoms with Crippen molar-refractivity contribution in [3.8, 4) is 11.1 Å². The fourth-order valence-electron chi connectivity index (χ4n) is 1.76. The fraction of sp³-hybridized carbons (Fsp3) is 0.214. The second-order valence-corrected chi connectivity index (χ2v) is 4.10. The molecule has 2 N–H and O–H groups in total. The molecule has 0 saturated heterocycles. The molecule has 16 heavy (non-hydrogen) atoms. The van der Waals surface area contributed by atoms with Crippen molar-refractivity contribution in [2.24, 2.45) is 5.73 Å². The Morgan fingerprint density at radius 2 is 2.06 bits per heavy atom. The molecule has 0 aliphatic carbocycles. The molecule has 1 unspecified atom stereocenters. The van der Waals surface area contributed by atoms with Crippen LogP contribution in [0.25, 0.3) is 11.1 Å². The summed E-state index contributed by atoms with van der Waals surface area (Å²) in [6.07, 6.45) is 3.71. The van der Waals surface area contributed by atoms with Crippen LogP contribution in [0.1, 0.15) is 24.1 Å². The van der Waals surface area contributed by atoms with Crippen molar-refractivity contribution in [2.75, 3.05) is 0 Å². The van der Waals surface area contributed by atoms with E-state index in [9.17, 15) is 0 Å². The summed E-state index contributed by atoms with van der Waals surface area (Å²) in [5, 5.41) is 0. The van der Waals surface area contributed by atoms with Crippen LogP contribution in [-0.4, -0.2) is 4.98 Å². The van der Waals surface area contributed by atoms with Gasteiger partial charge in [-0.25, -0.2) is 0 Å². The van der Waals surface area contributed by atoms with Gasteiger partial charge in [-0.15, -0.1) is 0 Å². The first-order chi connectivity index (χ1) is 7.68. The Bertz CT molecular complexity index is 490. The van der Waals surface area contributed by atoms with Gasteiger partial charge in [0.15, 0.2) is 0 Å². The number of rotatable bonds is 2. The molecule has 0 amide bonds. The molecule has 0 radical (unpaired) electrons. The van der Waals surface area contributed by atoms with Gasteiger partial charge >= 0.3 is 0 Å². The summed E-state index contributed by atoms with van der Waals surface area (Å²) in [6.45, 7) is 4.09. The number of aryl methyl sites for hydroxylation is 1. The molecule has 0 bridgehead atoms. The lowest BCUT2D eigenvalue weighted by atomic mass is 9.99. The Morgan fingerprint density at radius 1 is 1.25 bits per heavy atom. The molecular formula is C14H16N2. The van der Waals surface area contributed by atoms with Crippen LogP contribution in [0.4, 0.5) is 0 Å². The van der Waals surface area contributed by atoms with E-state index >= 15 is 0 Å². The SMILES string of the molecule is Cc1ccncc1-c1cccc(C(C)N)c1. The highest BCUT2D eigenvalue weighted by atomic mass is 14.6.